The number of ether oxygens (including phenoxy) is 2. The van der Waals surface area contributed by atoms with Crippen molar-refractivity contribution in [2.24, 2.45) is 4.99 Å². The number of guanidine groups is 1. The molecular weight excluding hydrogens is 282 g/mol. The van der Waals surface area contributed by atoms with Gasteiger partial charge in [0.05, 0.1) is 18.8 Å². The van der Waals surface area contributed by atoms with Gasteiger partial charge in [-0.3, -0.25) is 9.67 Å². The second-order valence-electron chi connectivity index (χ2n) is 5.06. The molecule has 1 rings (SSSR count). The van der Waals surface area contributed by atoms with Gasteiger partial charge in [0.2, 0.25) is 0 Å². The van der Waals surface area contributed by atoms with Crippen LogP contribution in [-0.4, -0.2) is 56.8 Å². The molecule has 1 aromatic heterocycles. The number of rotatable bonds is 9. The van der Waals surface area contributed by atoms with Crippen molar-refractivity contribution in [3.8, 4) is 0 Å². The highest BCUT2D eigenvalue weighted by Gasteiger charge is 2.11. The van der Waals surface area contributed by atoms with Gasteiger partial charge in [0.25, 0.3) is 0 Å². The summed E-state index contributed by atoms with van der Waals surface area (Å²) in [6, 6.07) is 0. The Kier molecular flexibility index (Phi) is 8.54. The summed E-state index contributed by atoms with van der Waals surface area (Å²) in [5, 5.41) is 11.2. The van der Waals surface area contributed by atoms with E-state index in [0.29, 0.717) is 13.2 Å². The summed E-state index contributed by atoms with van der Waals surface area (Å²) < 4.78 is 12.1. The highest BCUT2D eigenvalue weighted by atomic mass is 16.5. The van der Waals surface area contributed by atoms with Crippen LogP contribution < -0.4 is 10.6 Å². The zero-order valence-electron chi connectivity index (χ0n) is 14.4. The van der Waals surface area contributed by atoms with Crippen LogP contribution in [-0.2, 0) is 22.6 Å². The normalized spacial score (nSPS) is 11.8. The summed E-state index contributed by atoms with van der Waals surface area (Å²) in [7, 11) is 5.18. The van der Waals surface area contributed by atoms with Gasteiger partial charge in [0.1, 0.15) is 0 Å². The molecule has 0 aromatic carbocycles. The van der Waals surface area contributed by atoms with Crippen LogP contribution in [0.3, 0.4) is 0 Å². The Balaban J connectivity index is 2.53. The Bertz CT molecular complexity index is 471. The van der Waals surface area contributed by atoms with Crippen LogP contribution >= 0.6 is 0 Å². The fourth-order valence-electron chi connectivity index (χ4n) is 2.20. The molecule has 0 aliphatic heterocycles. The lowest BCUT2D eigenvalue weighted by molar-refractivity contribution is 0.182. The minimum atomic E-state index is 0.664. The van der Waals surface area contributed by atoms with Gasteiger partial charge < -0.3 is 20.1 Å². The summed E-state index contributed by atoms with van der Waals surface area (Å²) in [6.07, 6.45) is 0.949. The first-order valence-electron chi connectivity index (χ1n) is 7.59. The fourth-order valence-corrected chi connectivity index (χ4v) is 2.20. The first kappa shape index (κ1) is 18.4. The monoisotopic (exact) mass is 311 g/mol. The van der Waals surface area contributed by atoms with Crippen molar-refractivity contribution in [3.05, 3.63) is 17.0 Å². The number of nitrogens with one attached hydrogen (secondary N) is 2. The second kappa shape index (κ2) is 10.2. The molecule has 0 bridgehead atoms. The molecule has 0 saturated heterocycles. The Morgan fingerprint density at radius 3 is 2.55 bits per heavy atom. The van der Waals surface area contributed by atoms with Gasteiger partial charge in [-0.25, -0.2) is 0 Å². The molecule has 1 aromatic rings. The van der Waals surface area contributed by atoms with Crippen molar-refractivity contribution in [1.29, 1.82) is 0 Å². The van der Waals surface area contributed by atoms with Crippen molar-refractivity contribution in [1.82, 2.24) is 20.4 Å². The molecule has 1 heterocycles. The minimum absolute atomic E-state index is 0.664. The topological polar surface area (TPSA) is 72.7 Å². The van der Waals surface area contributed by atoms with E-state index in [1.165, 1.54) is 5.56 Å². The smallest absolute Gasteiger partial charge is 0.191 e. The molecular formula is C15H29N5O2. The van der Waals surface area contributed by atoms with Gasteiger partial charge in [-0.15, -0.1) is 0 Å². The minimum Gasteiger partial charge on any atom is -0.385 e. The van der Waals surface area contributed by atoms with Crippen LogP contribution in [0, 0.1) is 13.8 Å². The van der Waals surface area contributed by atoms with Crippen molar-refractivity contribution in [2.75, 3.05) is 41.0 Å². The number of aromatic nitrogens is 2. The zero-order valence-corrected chi connectivity index (χ0v) is 14.4. The predicted octanol–water partition coefficient (Wildman–Crippen LogP) is 0.848. The van der Waals surface area contributed by atoms with E-state index in [-0.39, 0.29) is 0 Å². The van der Waals surface area contributed by atoms with Gasteiger partial charge in [-0.2, -0.15) is 5.10 Å². The Morgan fingerprint density at radius 1 is 1.18 bits per heavy atom. The first-order chi connectivity index (χ1) is 10.6. The van der Waals surface area contributed by atoms with Crippen LogP contribution in [0.1, 0.15) is 23.4 Å². The maximum Gasteiger partial charge on any atom is 0.191 e. The molecule has 0 saturated carbocycles. The molecule has 0 radical (unpaired) electrons. The third kappa shape index (κ3) is 5.65. The van der Waals surface area contributed by atoms with Crippen molar-refractivity contribution in [2.45, 2.75) is 33.4 Å². The molecule has 0 aliphatic carbocycles. The van der Waals surface area contributed by atoms with Crippen molar-refractivity contribution in [3.63, 3.8) is 0 Å². The number of methoxy groups -OCH3 is 2. The van der Waals surface area contributed by atoms with Gasteiger partial charge in [0, 0.05) is 52.2 Å². The molecule has 0 fully saturated rings. The number of nitrogens with zero attached hydrogens (tertiary/aromatic N) is 3. The lowest BCUT2D eigenvalue weighted by Gasteiger charge is -2.12. The lowest BCUT2D eigenvalue weighted by atomic mass is 10.2. The van der Waals surface area contributed by atoms with E-state index in [1.807, 2.05) is 11.6 Å². The Hall–Kier alpha value is -1.60. The van der Waals surface area contributed by atoms with E-state index >= 15 is 0 Å². The second-order valence-corrected chi connectivity index (χ2v) is 5.06. The van der Waals surface area contributed by atoms with Crippen LogP contribution in [0.15, 0.2) is 4.99 Å². The van der Waals surface area contributed by atoms with Crippen molar-refractivity contribution < 1.29 is 9.47 Å². The molecule has 22 heavy (non-hydrogen) atoms. The van der Waals surface area contributed by atoms with Gasteiger partial charge in [0.15, 0.2) is 5.96 Å². The van der Waals surface area contributed by atoms with E-state index in [0.717, 1.165) is 43.5 Å². The average molecular weight is 311 g/mol. The summed E-state index contributed by atoms with van der Waals surface area (Å²) in [4.78, 5) is 4.22. The van der Waals surface area contributed by atoms with Gasteiger partial charge >= 0.3 is 0 Å². The van der Waals surface area contributed by atoms with Crippen LogP contribution in [0.25, 0.3) is 0 Å². The molecule has 0 spiro atoms. The summed E-state index contributed by atoms with van der Waals surface area (Å²) in [5.41, 5.74) is 3.41. The quantitative estimate of drug-likeness (QED) is 0.402. The number of aliphatic imine (C=N–C) groups is 1. The maximum absolute atomic E-state index is 5.11. The third-order valence-electron chi connectivity index (χ3n) is 3.51. The van der Waals surface area contributed by atoms with E-state index in [4.69, 9.17) is 9.47 Å². The van der Waals surface area contributed by atoms with Gasteiger partial charge in [-0.05, 0) is 20.3 Å². The Morgan fingerprint density at radius 2 is 1.91 bits per heavy atom. The molecule has 0 aliphatic rings. The predicted molar refractivity (Wildman–Crippen MR) is 88.3 cm³/mol. The molecule has 0 unspecified atom stereocenters. The SMILES string of the molecule is CN=C(NCCCOC)NCc1c(C)nn(CCOC)c1C. The zero-order chi connectivity index (χ0) is 16.4. The van der Waals surface area contributed by atoms with Crippen LogP contribution in [0.5, 0.6) is 0 Å². The molecule has 7 heteroatoms. The van der Waals surface area contributed by atoms with E-state index in [1.54, 1.807) is 21.3 Å². The van der Waals surface area contributed by atoms with E-state index in [9.17, 15) is 0 Å². The number of aryl methyl sites for hydroxylation is 1. The average Bonchev–Trinajstić information content (AvgIpc) is 2.79. The summed E-state index contributed by atoms with van der Waals surface area (Å²) in [6.45, 7) is 7.83. The van der Waals surface area contributed by atoms with Gasteiger partial charge in [-0.1, -0.05) is 0 Å². The number of hydrogen-bond donors (Lipinski definition) is 2. The standard InChI is InChI=1S/C15H29N5O2/c1-12-14(13(2)20(19-12)8-10-22-5)11-18-15(16-3)17-7-6-9-21-4/h6-11H2,1-5H3,(H2,16,17,18). The molecule has 0 atom stereocenters. The highest BCUT2D eigenvalue weighted by Crippen LogP contribution is 2.12. The summed E-state index contributed by atoms with van der Waals surface area (Å²) in [5.74, 6) is 0.791. The highest BCUT2D eigenvalue weighted by molar-refractivity contribution is 5.79. The van der Waals surface area contributed by atoms with E-state index in [2.05, 4.69) is 27.6 Å². The Labute approximate surface area is 133 Å². The van der Waals surface area contributed by atoms with Crippen molar-refractivity contribution >= 4 is 5.96 Å². The molecule has 2 N–H and O–H groups in total. The number of hydrogen-bond acceptors (Lipinski definition) is 4. The third-order valence-corrected chi connectivity index (χ3v) is 3.51. The van der Waals surface area contributed by atoms with E-state index < -0.39 is 0 Å². The molecule has 7 nitrogen and oxygen atoms in total. The largest absolute Gasteiger partial charge is 0.385 e. The summed E-state index contributed by atoms with van der Waals surface area (Å²) >= 11 is 0. The first-order valence-corrected chi connectivity index (χ1v) is 7.59. The molecule has 0 amide bonds. The van der Waals surface area contributed by atoms with Crippen LogP contribution in [0.4, 0.5) is 0 Å². The lowest BCUT2D eigenvalue weighted by Crippen LogP contribution is -2.37. The fraction of sp³-hybridized carbons (Fsp3) is 0.733. The maximum atomic E-state index is 5.11. The van der Waals surface area contributed by atoms with Crippen LogP contribution in [0.2, 0.25) is 0 Å². The molecule has 126 valence electrons.